The molecule has 0 aliphatic carbocycles. The van der Waals surface area contributed by atoms with Crippen LogP contribution in [0.25, 0.3) is 0 Å². The Labute approximate surface area is 99.6 Å². The molecular formula is C8H22Cl2O2Si2. The molecule has 0 unspecified atom stereocenters. The highest BCUT2D eigenvalue weighted by Crippen LogP contribution is 2.10. The van der Waals surface area contributed by atoms with Crippen LogP contribution in [-0.4, -0.2) is 28.5 Å². The predicted octanol–water partition coefficient (Wildman–Crippen LogP) is 3.93. The third-order valence-corrected chi connectivity index (χ3v) is 2.95. The van der Waals surface area contributed by atoms with Gasteiger partial charge in [0, 0.05) is 13.2 Å². The Morgan fingerprint density at radius 3 is 1.21 bits per heavy atom. The Balaban J connectivity index is 0. The summed E-state index contributed by atoms with van der Waals surface area (Å²) in [5, 5.41) is 0. The van der Waals surface area contributed by atoms with E-state index in [-0.39, 0.29) is 0 Å². The van der Waals surface area contributed by atoms with Crippen LogP contribution in [0.15, 0.2) is 0 Å². The zero-order valence-electron chi connectivity index (χ0n) is 9.99. The standard InChI is InChI=1S/C6H16O2Si.C2H6Cl2Si/c1-5-7-9(3,4)8-6-2;1-5(2,3)4/h5-6H2,1-4H3;1-2H3. The molecule has 0 radical (unpaired) electrons. The van der Waals surface area contributed by atoms with E-state index in [0.29, 0.717) is 0 Å². The second-order valence-corrected chi connectivity index (χ2v) is 15.9. The SMILES string of the molecule is CCO[Si](C)(C)OCC.C[Si](C)(Cl)Cl. The lowest BCUT2D eigenvalue weighted by Gasteiger charge is -2.20. The summed E-state index contributed by atoms with van der Waals surface area (Å²) in [5.74, 6) is 0. The number of hydrogen-bond donors (Lipinski definition) is 0. The summed E-state index contributed by atoms with van der Waals surface area (Å²) in [6.45, 7) is 11.7. The van der Waals surface area contributed by atoms with Crippen molar-refractivity contribution < 1.29 is 8.85 Å². The minimum absolute atomic E-state index is 0.763. The molecule has 14 heavy (non-hydrogen) atoms. The summed E-state index contributed by atoms with van der Waals surface area (Å²) in [7, 11) is -1.70. The van der Waals surface area contributed by atoms with Crippen LogP contribution < -0.4 is 0 Å². The Kier molecular flexibility index (Phi) is 10.1. The molecule has 0 aromatic carbocycles. The molecule has 0 fully saturated rings. The van der Waals surface area contributed by atoms with Gasteiger partial charge in [-0.15, -0.1) is 22.2 Å². The Bertz CT molecular complexity index is 124. The molecule has 0 spiro atoms. The average Bonchev–Trinajstić information content (AvgIpc) is 1.81. The third kappa shape index (κ3) is 23.1. The van der Waals surface area contributed by atoms with Gasteiger partial charge >= 0.3 is 8.56 Å². The maximum Gasteiger partial charge on any atom is 0.331 e. The molecule has 0 aromatic rings. The fraction of sp³-hybridized carbons (Fsp3) is 1.00. The van der Waals surface area contributed by atoms with Crippen molar-refractivity contribution in [3.63, 3.8) is 0 Å². The highest BCUT2D eigenvalue weighted by atomic mass is 35.7. The summed E-state index contributed by atoms with van der Waals surface area (Å²) in [5.41, 5.74) is 0. The van der Waals surface area contributed by atoms with Crippen molar-refractivity contribution >= 4 is 37.4 Å². The Morgan fingerprint density at radius 1 is 0.857 bits per heavy atom. The van der Waals surface area contributed by atoms with E-state index in [4.69, 9.17) is 31.0 Å². The third-order valence-electron chi connectivity index (χ3n) is 0.984. The lowest BCUT2D eigenvalue weighted by Crippen LogP contribution is -2.34. The predicted molar refractivity (Wildman–Crippen MR) is 69.9 cm³/mol. The summed E-state index contributed by atoms with van der Waals surface area (Å²) in [6, 6.07) is 0. The number of rotatable bonds is 4. The van der Waals surface area contributed by atoms with Crippen LogP contribution in [0.2, 0.25) is 26.2 Å². The minimum Gasteiger partial charge on any atom is -0.395 e. The molecule has 0 N–H and O–H groups in total. The van der Waals surface area contributed by atoms with Gasteiger partial charge in [0.15, 0.2) is 0 Å². The molecule has 0 saturated carbocycles. The molecule has 0 atom stereocenters. The lowest BCUT2D eigenvalue weighted by atomic mass is 10.9. The van der Waals surface area contributed by atoms with Crippen molar-refractivity contribution in [1.29, 1.82) is 0 Å². The highest BCUT2D eigenvalue weighted by molar-refractivity contribution is 7.44. The largest absolute Gasteiger partial charge is 0.395 e. The van der Waals surface area contributed by atoms with Gasteiger partial charge in [-0.2, -0.15) is 0 Å². The van der Waals surface area contributed by atoms with E-state index in [9.17, 15) is 0 Å². The van der Waals surface area contributed by atoms with Crippen LogP contribution in [-0.2, 0) is 8.85 Å². The van der Waals surface area contributed by atoms with Crippen LogP contribution in [0.3, 0.4) is 0 Å². The van der Waals surface area contributed by atoms with E-state index in [0.717, 1.165) is 13.2 Å². The van der Waals surface area contributed by atoms with Crippen molar-refractivity contribution in [2.75, 3.05) is 13.2 Å². The average molecular weight is 277 g/mol. The van der Waals surface area contributed by atoms with Gasteiger partial charge in [-0.05, 0) is 40.0 Å². The van der Waals surface area contributed by atoms with Crippen LogP contribution in [0.5, 0.6) is 0 Å². The van der Waals surface area contributed by atoms with E-state index in [1.54, 1.807) is 0 Å². The molecule has 0 bridgehead atoms. The summed E-state index contributed by atoms with van der Waals surface area (Å²) >= 11 is 10.9. The molecule has 0 aromatic heterocycles. The molecular weight excluding hydrogens is 255 g/mol. The van der Waals surface area contributed by atoms with Gasteiger partial charge in [-0.25, -0.2) is 0 Å². The van der Waals surface area contributed by atoms with Gasteiger partial charge in [0.2, 0.25) is 6.69 Å². The first-order valence-electron chi connectivity index (χ1n) is 4.78. The second kappa shape index (κ2) is 8.13. The van der Waals surface area contributed by atoms with E-state index in [2.05, 4.69) is 13.1 Å². The van der Waals surface area contributed by atoms with E-state index >= 15 is 0 Å². The van der Waals surface area contributed by atoms with Gasteiger partial charge in [-0.3, -0.25) is 0 Å². The Hall–Kier alpha value is 0.934. The van der Waals surface area contributed by atoms with E-state index < -0.39 is 15.3 Å². The molecule has 0 aliphatic rings. The zero-order valence-corrected chi connectivity index (χ0v) is 13.5. The lowest BCUT2D eigenvalue weighted by molar-refractivity contribution is 0.196. The van der Waals surface area contributed by atoms with Gasteiger partial charge in [0.25, 0.3) is 0 Å². The van der Waals surface area contributed by atoms with Gasteiger partial charge in [-0.1, -0.05) is 0 Å². The van der Waals surface area contributed by atoms with Crippen LogP contribution in [0, 0.1) is 0 Å². The first kappa shape index (κ1) is 17.3. The summed E-state index contributed by atoms with van der Waals surface area (Å²) < 4.78 is 10.8. The van der Waals surface area contributed by atoms with Crippen LogP contribution in [0.4, 0.5) is 0 Å². The fourth-order valence-corrected chi connectivity index (χ4v) is 2.21. The van der Waals surface area contributed by atoms with Crippen molar-refractivity contribution in [1.82, 2.24) is 0 Å². The quantitative estimate of drug-likeness (QED) is 0.572. The Morgan fingerprint density at radius 2 is 1.07 bits per heavy atom. The molecule has 0 saturated heterocycles. The number of halogens is 2. The van der Waals surface area contributed by atoms with Crippen molar-refractivity contribution in [3.05, 3.63) is 0 Å². The normalized spacial score (nSPS) is 12.0. The highest BCUT2D eigenvalue weighted by Gasteiger charge is 2.22. The van der Waals surface area contributed by atoms with Crippen molar-refractivity contribution in [2.24, 2.45) is 0 Å². The van der Waals surface area contributed by atoms with Crippen LogP contribution >= 0.6 is 22.2 Å². The maximum atomic E-state index is 5.43. The minimum atomic E-state index is -1.70. The van der Waals surface area contributed by atoms with Gasteiger partial charge in [0.1, 0.15) is 0 Å². The molecule has 0 heterocycles. The fourth-order valence-electron chi connectivity index (χ4n) is 0.737. The zero-order chi connectivity index (χ0) is 11.8. The molecule has 0 rings (SSSR count). The van der Waals surface area contributed by atoms with Gasteiger partial charge < -0.3 is 8.85 Å². The first-order valence-corrected chi connectivity index (χ1v) is 12.6. The van der Waals surface area contributed by atoms with Crippen molar-refractivity contribution in [3.8, 4) is 0 Å². The smallest absolute Gasteiger partial charge is 0.331 e. The van der Waals surface area contributed by atoms with Crippen LogP contribution in [0.1, 0.15) is 13.8 Å². The molecule has 6 heteroatoms. The topological polar surface area (TPSA) is 18.5 Å². The van der Waals surface area contributed by atoms with Crippen molar-refractivity contribution in [2.45, 2.75) is 40.0 Å². The summed E-state index contributed by atoms with van der Waals surface area (Å²) in [6.07, 6.45) is 0. The van der Waals surface area contributed by atoms with E-state index in [1.165, 1.54) is 0 Å². The second-order valence-electron chi connectivity index (χ2n) is 3.59. The van der Waals surface area contributed by atoms with Gasteiger partial charge in [0.05, 0.1) is 0 Å². The first-order chi connectivity index (χ1) is 6.12. The molecule has 2 nitrogen and oxygen atoms in total. The maximum absolute atomic E-state index is 5.43. The van der Waals surface area contributed by atoms with E-state index in [1.807, 2.05) is 26.9 Å². The number of hydrogen-bond acceptors (Lipinski definition) is 2. The molecule has 0 amide bonds. The summed E-state index contributed by atoms with van der Waals surface area (Å²) in [4.78, 5) is 0. The molecule has 88 valence electrons. The molecule has 0 aliphatic heterocycles. The monoisotopic (exact) mass is 276 g/mol.